The Kier molecular flexibility index (Phi) is 9.54. The zero-order valence-electron chi connectivity index (χ0n) is 11.3. The van der Waals surface area contributed by atoms with Crippen molar-refractivity contribution < 1.29 is 0 Å². The summed E-state index contributed by atoms with van der Waals surface area (Å²) in [5, 5.41) is 6.86. The van der Waals surface area contributed by atoms with E-state index < -0.39 is 0 Å². The van der Waals surface area contributed by atoms with Crippen molar-refractivity contribution in [1.29, 1.82) is 0 Å². The van der Waals surface area contributed by atoms with Crippen molar-refractivity contribution in [2.45, 2.75) is 53.4 Å². The molecule has 16 heavy (non-hydrogen) atoms. The first-order valence-electron chi connectivity index (χ1n) is 6.49. The van der Waals surface area contributed by atoms with Gasteiger partial charge in [0.15, 0.2) is 0 Å². The minimum Gasteiger partial charge on any atom is -0.317 e. The van der Waals surface area contributed by atoms with Gasteiger partial charge in [0.25, 0.3) is 0 Å². The van der Waals surface area contributed by atoms with Crippen molar-refractivity contribution >= 4 is 11.3 Å². The van der Waals surface area contributed by atoms with Crippen LogP contribution in [0.25, 0.3) is 0 Å². The van der Waals surface area contributed by atoms with Crippen LogP contribution in [0.5, 0.6) is 0 Å². The average Bonchev–Trinajstić information content (AvgIpc) is 2.82. The highest BCUT2D eigenvalue weighted by atomic mass is 32.1. The van der Waals surface area contributed by atoms with Gasteiger partial charge in [0.2, 0.25) is 0 Å². The summed E-state index contributed by atoms with van der Waals surface area (Å²) >= 11 is 1.82. The molecule has 2 nitrogen and oxygen atoms in total. The molecule has 1 aliphatic rings. The lowest BCUT2D eigenvalue weighted by Gasteiger charge is -2.20. The predicted molar refractivity (Wildman–Crippen MR) is 74.4 cm³/mol. The number of hydrogen-bond acceptors (Lipinski definition) is 3. The summed E-state index contributed by atoms with van der Waals surface area (Å²) in [7, 11) is 0. The van der Waals surface area contributed by atoms with Crippen LogP contribution in [0.2, 0.25) is 0 Å². The van der Waals surface area contributed by atoms with E-state index in [2.05, 4.69) is 22.6 Å². The van der Waals surface area contributed by atoms with Gasteiger partial charge in [0.05, 0.1) is 5.01 Å². The highest BCUT2D eigenvalue weighted by molar-refractivity contribution is 7.09. The van der Waals surface area contributed by atoms with E-state index in [4.69, 9.17) is 0 Å². The van der Waals surface area contributed by atoms with E-state index in [0.29, 0.717) is 0 Å². The molecule has 1 saturated heterocycles. The number of hydrogen-bond donors (Lipinski definition) is 1. The Morgan fingerprint density at radius 2 is 1.75 bits per heavy atom. The van der Waals surface area contributed by atoms with Crippen LogP contribution >= 0.6 is 11.3 Å². The normalized spacial score (nSPS) is 15.6. The smallest absolute Gasteiger partial charge is 0.0960 e. The molecule has 0 bridgehead atoms. The van der Waals surface area contributed by atoms with Crippen molar-refractivity contribution in [2.24, 2.45) is 0 Å². The zero-order chi connectivity index (χ0) is 12.4. The molecule has 0 aliphatic carbocycles. The quantitative estimate of drug-likeness (QED) is 0.806. The van der Waals surface area contributed by atoms with Crippen LogP contribution in [-0.4, -0.2) is 18.1 Å². The molecule has 94 valence electrons. The lowest BCUT2D eigenvalue weighted by atomic mass is 9.99. The highest BCUT2D eigenvalue weighted by Crippen LogP contribution is 2.27. The molecule has 1 aromatic rings. The number of aryl methyl sites for hydroxylation is 1. The second-order valence-electron chi connectivity index (χ2n) is 3.35. The van der Waals surface area contributed by atoms with Gasteiger partial charge in [-0.3, -0.25) is 0 Å². The van der Waals surface area contributed by atoms with Gasteiger partial charge in [-0.15, -0.1) is 11.3 Å². The maximum Gasteiger partial charge on any atom is 0.0960 e. The van der Waals surface area contributed by atoms with Crippen molar-refractivity contribution in [3.8, 4) is 0 Å². The minimum absolute atomic E-state index is 0.727. The molecule has 1 fully saturated rings. The van der Waals surface area contributed by atoms with Gasteiger partial charge in [-0.1, -0.05) is 27.7 Å². The van der Waals surface area contributed by atoms with Crippen LogP contribution in [0, 0.1) is 6.92 Å². The topological polar surface area (TPSA) is 24.9 Å². The Labute approximate surface area is 104 Å². The summed E-state index contributed by atoms with van der Waals surface area (Å²) < 4.78 is 0. The molecule has 0 atom stereocenters. The van der Waals surface area contributed by atoms with Crippen molar-refractivity contribution in [1.82, 2.24) is 10.3 Å². The SMILES string of the molecule is CC.CC.Cc1csc(C2CCNCC2)n1. The average molecular weight is 242 g/mol. The number of rotatable bonds is 1. The van der Waals surface area contributed by atoms with Crippen LogP contribution in [0.1, 0.15) is 57.2 Å². The lowest BCUT2D eigenvalue weighted by Crippen LogP contribution is -2.26. The number of nitrogens with zero attached hydrogens (tertiary/aromatic N) is 1. The molecule has 2 rings (SSSR count). The molecule has 0 aromatic carbocycles. The van der Waals surface area contributed by atoms with Gasteiger partial charge in [0.1, 0.15) is 0 Å². The molecule has 0 spiro atoms. The van der Waals surface area contributed by atoms with E-state index in [9.17, 15) is 0 Å². The van der Waals surface area contributed by atoms with E-state index >= 15 is 0 Å². The third-order valence-corrected chi connectivity index (χ3v) is 3.45. The fraction of sp³-hybridized carbons (Fsp3) is 0.769. The van der Waals surface area contributed by atoms with Crippen LogP contribution in [-0.2, 0) is 0 Å². The van der Waals surface area contributed by atoms with Crippen LogP contribution in [0.3, 0.4) is 0 Å². The standard InChI is InChI=1S/C9H14N2S.2C2H6/c1-7-6-12-9(11-7)8-2-4-10-5-3-8;2*1-2/h6,8,10H,2-5H2,1H3;2*1-2H3. The van der Waals surface area contributed by atoms with E-state index in [1.54, 1.807) is 0 Å². The van der Waals surface area contributed by atoms with Gasteiger partial charge < -0.3 is 5.32 Å². The first-order chi connectivity index (χ1) is 7.86. The Morgan fingerprint density at radius 3 is 2.19 bits per heavy atom. The summed E-state index contributed by atoms with van der Waals surface area (Å²) in [5.41, 5.74) is 1.17. The minimum atomic E-state index is 0.727. The third kappa shape index (κ3) is 5.08. The van der Waals surface area contributed by atoms with Crippen LogP contribution in [0.4, 0.5) is 0 Å². The number of nitrogens with one attached hydrogen (secondary N) is 1. The summed E-state index contributed by atoms with van der Waals surface area (Å²) in [6.45, 7) is 12.4. The van der Waals surface area contributed by atoms with E-state index in [1.807, 2.05) is 39.0 Å². The summed E-state index contributed by atoms with van der Waals surface area (Å²) in [6, 6.07) is 0. The molecular formula is C13H26N2S. The number of aromatic nitrogens is 1. The Morgan fingerprint density at radius 1 is 1.19 bits per heavy atom. The first kappa shape index (κ1) is 15.6. The second kappa shape index (κ2) is 9.79. The number of thiazole rings is 1. The molecular weight excluding hydrogens is 216 g/mol. The molecule has 1 N–H and O–H groups in total. The van der Waals surface area contributed by atoms with Crippen molar-refractivity contribution in [3.05, 3.63) is 16.1 Å². The summed E-state index contributed by atoms with van der Waals surface area (Å²) in [4.78, 5) is 4.53. The van der Waals surface area contributed by atoms with Crippen LogP contribution < -0.4 is 5.32 Å². The first-order valence-corrected chi connectivity index (χ1v) is 7.37. The van der Waals surface area contributed by atoms with Crippen LogP contribution in [0.15, 0.2) is 5.38 Å². The molecule has 2 heterocycles. The van der Waals surface area contributed by atoms with Gasteiger partial charge >= 0.3 is 0 Å². The van der Waals surface area contributed by atoms with E-state index in [0.717, 1.165) is 19.0 Å². The maximum atomic E-state index is 4.53. The lowest BCUT2D eigenvalue weighted by molar-refractivity contribution is 0.459. The molecule has 1 aliphatic heterocycles. The predicted octanol–water partition coefficient (Wildman–Crippen LogP) is 3.97. The van der Waals surface area contributed by atoms with Gasteiger partial charge in [-0.05, 0) is 32.9 Å². The van der Waals surface area contributed by atoms with Crippen molar-refractivity contribution in [2.75, 3.05) is 13.1 Å². The Hall–Kier alpha value is -0.410. The van der Waals surface area contributed by atoms with Gasteiger partial charge in [0, 0.05) is 17.0 Å². The molecule has 0 unspecified atom stereocenters. The highest BCUT2D eigenvalue weighted by Gasteiger charge is 2.17. The summed E-state index contributed by atoms with van der Waals surface area (Å²) in [5.74, 6) is 0.727. The maximum absolute atomic E-state index is 4.53. The van der Waals surface area contributed by atoms with Crippen molar-refractivity contribution in [3.63, 3.8) is 0 Å². The second-order valence-corrected chi connectivity index (χ2v) is 4.24. The zero-order valence-corrected chi connectivity index (χ0v) is 12.2. The van der Waals surface area contributed by atoms with Gasteiger partial charge in [-0.2, -0.15) is 0 Å². The number of piperidine rings is 1. The monoisotopic (exact) mass is 242 g/mol. The third-order valence-electron chi connectivity index (χ3n) is 2.33. The van der Waals surface area contributed by atoms with Gasteiger partial charge in [-0.25, -0.2) is 4.98 Å². The largest absolute Gasteiger partial charge is 0.317 e. The van der Waals surface area contributed by atoms with E-state index in [-0.39, 0.29) is 0 Å². The van der Waals surface area contributed by atoms with E-state index in [1.165, 1.54) is 23.5 Å². The Balaban J connectivity index is 0.000000509. The molecule has 3 heteroatoms. The molecule has 0 radical (unpaired) electrons. The summed E-state index contributed by atoms with van der Waals surface area (Å²) in [6.07, 6.45) is 2.51. The molecule has 0 saturated carbocycles. The molecule has 0 amide bonds. The molecule has 1 aromatic heterocycles. The fourth-order valence-electron chi connectivity index (χ4n) is 1.63. The Bertz CT molecular complexity index is 252. The fourth-order valence-corrected chi connectivity index (χ4v) is 2.60.